The molecule has 4 rings (SSSR count). The van der Waals surface area contributed by atoms with Gasteiger partial charge in [0.25, 0.3) is 11.8 Å². The number of urea groups is 1. The highest BCUT2D eigenvalue weighted by Crippen LogP contribution is 2.29. The Bertz CT molecular complexity index is 1500. The molecule has 0 radical (unpaired) electrons. The van der Waals surface area contributed by atoms with E-state index >= 15 is 0 Å². The van der Waals surface area contributed by atoms with Crippen molar-refractivity contribution in [3.05, 3.63) is 78.1 Å². The molecule has 12 nitrogen and oxygen atoms in total. The van der Waals surface area contributed by atoms with Crippen molar-refractivity contribution in [3.63, 3.8) is 0 Å². The van der Waals surface area contributed by atoms with Gasteiger partial charge in [-0.1, -0.05) is 6.92 Å². The third kappa shape index (κ3) is 9.91. The van der Waals surface area contributed by atoms with E-state index in [-0.39, 0.29) is 55.1 Å². The first-order valence-electron chi connectivity index (χ1n) is 16.3. The third-order valence-corrected chi connectivity index (χ3v) is 8.39. The van der Waals surface area contributed by atoms with Crippen molar-refractivity contribution in [2.24, 2.45) is 5.92 Å². The van der Waals surface area contributed by atoms with Crippen LogP contribution in [-0.2, 0) is 4.74 Å². The summed E-state index contributed by atoms with van der Waals surface area (Å²) in [6, 6.07) is 14.5. The molecule has 0 bridgehead atoms. The number of rotatable bonds is 8. The minimum absolute atomic E-state index is 0.192. The number of ether oxygens (including phenoxy) is 3. The van der Waals surface area contributed by atoms with E-state index in [9.17, 15) is 19.5 Å². The number of anilines is 2. The lowest BCUT2D eigenvalue weighted by molar-refractivity contribution is -0.0115. The average molecular weight is 662 g/mol. The molecular weight excluding hydrogens is 614 g/mol. The number of aromatic nitrogens is 1. The second kappa shape index (κ2) is 17.5. The highest BCUT2D eigenvalue weighted by Gasteiger charge is 2.31. The first kappa shape index (κ1) is 36.2. The van der Waals surface area contributed by atoms with E-state index in [1.54, 1.807) is 85.5 Å². The van der Waals surface area contributed by atoms with Crippen molar-refractivity contribution < 1.29 is 33.7 Å². The van der Waals surface area contributed by atoms with E-state index in [2.05, 4.69) is 15.6 Å². The third-order valence-electron chi connectivity index (χ3n) is 8.39. The molecule has 3 aromatic rings. The lowest BCUT2D eigenvalue weighted by Crippen LogP contribution is -2.48. The van der Waals surface area contributed by atoms with Gasteiger partial charge in [-0.2, -0.15) is 0 Å². The van der Waals surface area contributed by atoms with Crippen LogP contribution in [0.2, 0.25) is 0 Å². The number of amides is 4. The molecule has 2 aromatic carbocycles. The molecule has 0 saturated heterocycles. The fourth-order valence-electron chi connectivity index (χ4n) is 5.42. The number of nitrogens with zero attached hydrogens (tertiary/aromatic N) is 3. The quantitative estimate of drug-likeness (QED) is 0.295. The van der Waals surface area contributed by atoms with Gasteiger partial charge in [0, 0.05) is 62.0 Å². The van der Waals surface area contributed by atoms with E-state index in [4.69, 9.17) is 14.2 Å². The van der Waals surface area contributed by atoms with Crippen molar-refractivity contribution in [2.45, 2.75) is 58.3 Å². The Morgan fingerprint density at radius 1 is 1.06 bits per heavy atom. The summed E-state index contributed by atoms with van der Waals surface area (Å²) in [7, 11) is 3.29. The second-order valence-corrected chi connectivity index (χ2v) is 12.2. The van der Waals surface area contributed by atoms with Gasteiger partial charge in [0.15, 0.2) is 0 Å². The maximum absolute atomic E-state index is 14.3. The summed E-state index contributed by atoms with van der Waals surface area (Å²) in [5.41, 5.74) is 1.76. The number of carbonyl (C=O) groups excluding carboxylic acids is 3. The van der Waals surface area contributed by atoms with E-state index in [1.165, 1.54) is 12.4 Å². The fraction of sp³-hybridized carbons (Fsp3) is 0.444. The Kier molecular flexibility index (Phi) is 13.2. The van der Waals surface area contributed by atoms with Crippen molar-refractivity contribution in [2.75, 3.05) is 51.1 Å². The molecule has 2 heterocycles. The van der Waals surface area contributed by atoms with Crippen molar-refractivity contribution in [1.82, 2.24) is 14.8 Å². The zero-order valence-corrected chi connectivity index (χ0v) is 28.3. The Labute approximate surface area is 282 Å². The predicted molar refractivity (Wildman–Crippen MR) is 184 cm³/mol. The van der Waals surface area contributed by atoms with Crippen LogP contribution in [0.1, 0.15) is 60.7 Å². The minimum atomic E-state index is -0.537. The molecule has 1 aliphatic heterocycles. The second-order valence-electron chi connectivity index (χ2n) is 12.2. The van der Waals surface area contributed by atoms with Gasteiger partial charge in [0.05, 0.1) is 37.5 Å². The summed E-state index contributed by atoms with van der Waals surface area (Å²) in [5.74, 6) is 0.173. The monoisotopic (exact) mass is 661 g/mol. The number of carbonyl (C=O) groups is 3. The van der Waals surface area contributed by atoms with E-state index in [0.29, 0.717) is 35.0 Å². The standard InChI is InChI=1S/C36H47N5O7/c1-24-21-41(25(2)23-42)35(44)31-20-29(38-34(43)27-15-17-37-18-16-27)11-14-32(31)48-26(3)8-6-7-19-47-33(24)22-40(4)36(45)39-28-9-12-30(46-5)13-10-28/h9-18,20,24-26,33,42H,6-8,19,21-23H2,1-5H3,(H,38,43)(H,39,45)/t24-,25+,26-,33-/m1/s1. The van der Waals surface area contributed by atoms with Crippen LogP contribution < -0.4 is 20.1 Å². The van der Waals surface area contributed by atoms with Crippen molar-refractivity contribution in [3.8, 4) is 11.5 Å². The number of benzene rings is 2. The summed E-state index contributed by atoms with van der Waals surface area (Å²) in [6.07, 6.45) is 4.85. The van der Waals surface area contributed by atoms with Gasteiger partial charge in [-0.25, -0.2) is 4.79 Å². The van der Waals surface area contributed by atoms with Crippen LogP contribution in [0.25, 0.3) is 0 Å². The van der Waals surface area contributed by atoms with E-state index in [0.717, 1.165) is 19.3 Å². The van der Waals surface area contributed by atoms with Crippen LogP contribution in [0.5, 0.6) is 11.5 Å². The van der Waals surface area contributed by atoms with E-state index < -0.39 is 12.1 Å². The molecule has 12 heteroatoms. The molecule has 0 unspecified atom stereocenters. The summed E-state index contributed by atoms with van der Waals surface area (Å²) < 4.78 is 17.9. The first-order chi connectivity index (χ1) is 23.1. The van der Waals surface area contributed by atoms with Crippen LogP contribution in [0, 0.1) is 5.92 Å². The molecule has 0 saturated carbocycles. The van der Waals surface area contributed by atoms with Gasteiger partial charge in [-0.05, 0) is 87.7 Å². The average Bonchev–Trinajstić information content (AvgIpc) is 3.10. The van der Waals surface area contributed by atoms with Crippen LogP contribution in [0.15, 0.2) is 67.0 Å². The number of likely N-dealkylation sites (N-methyl/N-ethyl adjacent to an activating group) is 1. The van der Waals surface area contributed by atoms with Crippen LogP contribution in [0.4, 0.5) is 16.2 Å². The molecule has 4 amide bonds. The zero-order valence-electron chi connectivity index (χ0n) is 28.3. The SMILES string of the molecule is COc1ccc(NC(=O)N(C)C[C@H]2OCCCC[C@@H](C)Oc3ccc(NC(=O)c4ccncc4)cc3C(=O)N([C@@H](C)CO)C[C@H]2C)cc1. The smallest absolute Gasteiger partial charge is 0.321 e. The molecule has 0 aliphatic carbocycles. The number of methoxy groups -OCH3 is 1. The molecule has 258 valence electrons. The number of aliphatic hydroxyl groups excluding tert-OH is 1. The maximum Gasteiger partial charge on any atom is 0.321 e. The Balaban J connectivity index is 1.58. The summed E-state index contributed by atoms with van der Waals surface area (Å²) in [6.45, 7) is 6.43. The van der Waals surface area contributed by atoms with Crippen LogP contribution >= 0.6 is 0 Å². The maximum atomic E-state index is 14.3. The number of hydrogen-bond acceptors (Lipinski definition) is 8. The molecule has 1 aliphatic rings. The highest BCUT2D eigenvalue weighted by molar-refractivity contribution is 6.05. The lowest BCUT2D eigenvalue weighted by atomic mass is 10.0. The Morgan fingerprint density at radius 3 is 2.46 bits per heavy atom. The van der Waals surface area contributed by atoms with Crippen molar-refractivity contribution >= 4 is 29.2 Å². The van der Waals surface area contributed by atoms with Crippen LogP contribution in [0.3, 0.4) is 0 Å². The highest BCUT2D eigenvalue weighted by atomic mass is 16.5. The number of fused-ring (bicyclic) bond motifs is 1. The molecule has 48 heavy (non-hydrogen) atoms. The van der Waals surface area contributed by atoms with Gasteiger partial charge in [-0.15, -0.1) is 0 Å². The van der Waals surface area contributed by atoms with Gasteiger partial charge in [0.2, 0.25) is 0 Å². The first-order valence-corrected chi connectivity index (χ1v) is 16.3. The summed E-state index contributed by atoms with van der Waals surface area (Å²) in [4.78, 5) is 47.5. The summed E-state index contributed by atoms with van der Waals surface area (Å²) >= 11 is 0. The van der Waals surface area contributed by atoms with Gasteiger partial charge < -0.3 is 39.8 Å². The Morgan fingerprint density at radius 2 is 1.77 bits per heavy atom. The van der Waals surface area contributed by atoms with Crippen LogP contribution in [-0.4, -0.2) is 96.4 Å². The van der Waals surface area contributed by atoms with Gasteiger partial charge >= 0.3 is 6.03 Å². The number of pyridine rings is 1. The lowest BCUT2D eigenvalue weighted by Gasteiger charge is -2.35. The molecule has 3 N–H and O–H groups in total. The molecule has 4 atom stereocenters. The Hall–Kier alpha value is -4.68. The largest absolute Gasteiger partial charge is 0.497 e. The van der Waals surface area contributed by atoms with Gasteiger partial charge in [0.1, 0.15) is 11.5 Å². The summed E-state index contributed by atoms with van der Waals surface area (Å²) in [5, 5.41) is 16.0. The molecule has 0 spiro atoms. The number of hydrogen-bond donors (Lipinski definition) is 3. The zero-order chi connectivity index (χ0) is 34.6. The normalized spacial score (nSPS) is 19.6. The predicted octanol–water partition coefficient (Wildman–Crippen LogP) is 5.30. The molecular formula is C36H47N5O7. The topological polar surface area (TPSA) is 143 Å². The fourth-order valence-corrected chi connectivity index (χ4v) is 5.42. The molecule has 0 fully saturated rings. The van der Waals surface area contributed by atoms with Gasteiger partial charge in [-0.3, -0.25) is 14.6 Å². The van der Waals surface area contributed by atoms with E-state index in [1.807, 2.05) is 13.8 Å². The molecule has 1 aromatic heterocycles. The number of nitrogens with one attached hydrogen (secondary N) is 2. The minimum Gasteiger partial charge on any atom is -0.497 e. The number of aliphatic hydroxyl groups is 1. The van der Waals surface area contributed by atoms with Crippen molar-refractivity contribution in [1.29, 1.82) is 0 Å².